The van der Waals surface area contributed by atoms with E-state index in [1.165, 1.54) is 19.1 Å². The summed E-state index contributed by atoms with van der Waals surface area (Å²) in [5.41, 5.74) is 0.00874. The Morgan fingerprint density at radius 3 is 2.26 bits per heavy atom. The van der Waals surface area contributed by atoms with E-state index in [9.17, 15) is 15.0 Å². The lowest BCUT2D eigenvalue weighted by atomic mass is 10.0. The monoisotopic (exact) mass is 267 g/mol. The SMILES string of the molecule is C[C@H](O)[C@@H](O)[C@H](O)/C(CO)=N/C(=O)c1ccccc1. The number of benzene rings is 1. The number of amides is 1. The first-order valence-electron chi connectivity index (χ1n) is 5.79. The molecule has 0 saturated carbocycles. The van der Waals surface area contributed by atoms with E-state index in [2.05, 4.69) is 4.99 Å². The van der Waals surface area contributed by atoms with E-state index in [1.807, 2.05) is 0 Å². The molecule has 19 heavy (non-hydrogen) atoms. The molecule has 0 aliphatic rings. The van der Waals surface area contributed by atoms with Gasteiger partial charge >= 0.3 is 0 Å². The zero-order valence-corrected chi connectivity index (χ0v) is 10.5. The number of aliphatic hydroxyl groups excluding tert-OH is 4. The fourth-order valence-electron chi connectivity index (χ4n) is 1.43. The van der Waals surface area contributed by atoms with Gasteiger partial charge in [0.15, 0.2) is 0 Å². The number of aliphatic imine (C=N–C) groups is 1. The highest BCUT2D eigenvalue weighted by molar-refractivity contribution is 6.05. The van der Waals surface area contributed by atoms with Crippen LogP contribution in [0.4, 0.5) is 0 Å². The van der Waals surface area contributed by atoms with Gasteiger partial charge < -0.3 is 20.4 Å². The van der Waals surface area contributed by atoms with Crippen molar-refractivity contribution in [2.75, 3.05) is 6.61 Å². The predicted octanol–water partition coefficient (Wildman–Crippen LogP) is -0.637. The number of carbonyl (C=O) groups is 1. The molecule has 0 aliphatic carbocycles. The third kappa shape index (κ3) is 4.22. The fraction of sp³-hybridized carbons (Fsp3) is 0.385. The lowest BCUT2D eigenvalue weighted by Gasteiger charge is -2.20. The maximum absolute atomic E-state index is 11.8. The zero-order valence-electron chi connectivity index (χ0n) is 10.5. The van der Waals surface area contributed by atoms with Crippen LogP contribution in [0.5, 0.6) is 0 Å². The van der Waals surface area contributed by atoms with E-state index in [0.29, 0.717) is 5.56 Å². The van der Waals surface area contributed by atoms with Crippen molar-refractivity contribution in [1.82, 2.24) is 0 Å². The summed E-state index contributed by atoms with van der Waals surface area (Å²) in [7, 11) is 0. The Morgan fingerprint density at radius 1 is 1.21 bits per heavy atom. The zero-order chi connectivity index (χ0) is 14.4. The summed E-state index contributed by atoms with van der Waals surface area (Å²) in [5.74, 6) is -0.638. The van der Waals surface area contributed by atoms with Crippen LogP contribution in [0.3, 0.4) is 0 Å². The van der Waals surface area contributed by atoms with Gasteiger partial charge in [0.1, 0.15) is 12.2 Å². The van der Waals surface area contributed by atoms with E-state index in [-0.39, 0.29) is 5.71 Å². The highest BCUT2D eigenvalue weighted by Gasteiger charge is 2.26. The van der Waals surface area contributed by atoms with Crippen molar-refractivity contribution in [2.45, 2.75) is 25.2 Å². The summed E-state index contributed by atoms with van der Waals surface area (Å²) in [5, 5.41) is 37.4. The molecule has 1 amide bonds. The van der Waals surface area contributed by atoms with Gasteiger partial charge in [-0.1, -0.05) is 18.2 Å². The van der Waals surface area contributed by atoms with Crippen LogP contribution >= 0.6 is 0 Å². The summed E-state index contributed by atoms with van der Waals surface area (Å²) in [4.78, 5) is 15.3. The second-order valence-corrected chi connectivity index (χ2v) is 4.11. The van der Waals surface area contributed by atoms with Gasteiger partial charge in [0.2, 0.25) is 0 Å². The first kappa shape index (κ1) is 15.5. The molecule has 1 rings (SSSR count). The molecule has 0 unspecified atom stereocenters. The number of nitrogens with zero attached hydrogens (tertiary/aromatic N) is 1. The molecule has 0 aliphatic heterocycles. The Morgan fingerprint density at radius 2 is 1.79 bits per heavy atom. The standard InChI is InChI=1S/C13H17NO5/c1-8(16)11(17)12(18)10(7-15)14-13(19)9-5-3-2-4-6-9/h2-6,8,11-12,15-18H,7H2,1H3/b14-10+/t8-,11+,12+/m0/s1. The van der Waals surface area contributed by atoms with Crippen molar-refractivity contribution in [1.29, 1.82) is 0 Å². The molecular formula is C13H17NO5. The van der Waals surface area contributed by atoms with Crippen LogP contribution in [0.1, 0.15) is 17.3 Å². The van der Waals surface area contributed by atoms with Gasteiger partial charge in [0.25, 0.3) is 5.91 Å². The van der Waals surface area contributed by atoms with Gasteiger partial charge in [0.05, 0.1) is 18.4 Å². The van der Waals surface area contributed by atoms with Gasteiger partial charge in [-0.05, 0) is 19.1 Å². The molecular weight excluding hydrogens is 250 g/mol. The van der Waals surface area contributed by atoms with Crippen molar-refractivity contribution < 1.29 is 25.2 Å². The third-order valence-electron chi connectivity index (χ3n) is 2.59. The van der Waals surface area contributed by atoms with Gasteiger partial charge in [-0.25, -0.2) is 4.99 Å². The van der Waals surface area contributed by atoms with Crippen molar-refractivity contribution in [3.8, 4) is 0 Å². The molecule has 6 nitrogen and oxygen atoms in total. The fourth-order valence-corrected chi connectivity index (χ4v) is 1.43. The van der Waals surface area contributed by atoms with Gasteiger partial charge in [-0.2, -0.15) is 0 Å². The maximum atomic E-state index is 11.8. The Kier molecular flexibility index (Phi) is 5.78. The predicted molar refractivity (Wildman–Crippen MR) is 69.0 cm³/mol. The number of hydrogen-bond donors (Lipinski definition) is 4. The smallest absolute Gasteiger partial charge is 0.277 e. The average molecular weight is 267 g/mol. The maximum Gasteiger partial charge on any atom is 0.277 e. The lowest BCUT2D eigenvalue weighted by Crippen LogP contribution is -2.42. The summed E-state index contributed by atoms with van der Waals surface area (Å²) in [6, 6.07) is 8.13. The molecule has 4 N–H and O–H groups in total. The van der Waals surface area contributed by atoms with Crippen LogP contribution in [0.2, 0.25) is 0 Å². The first-order chi connectivity index (χ1) is 8.97. The molecule has 0 spiro atoms. The Labute approximate surface area is 110 Å². The second kappa shape index (κ2) is 7.10. The highest BCUT2D eigenvalue weighted by atomic mass is 16.4. The van der Waals surface area contributed by atoms with Crippen molar-refractivity contribution in [3.05, 3.63) is 35.9 Å². The van der Waals surface area contributed by atoms with E-state index in [0.717, 1.165) is 0 Å². The largest absolute Gasteiger partial charge is 0.391 e. The van der Waals surface area contributed by atoms with Crippen LogP contribution in [-0.4, -0.2) is 57.0 Å². The molecule has 3 atom stereocenters. The number of hydrogen-bond acceptors (Lipinski definition) is 5. The third-order valence-corrected chi connectivity index (χ3v) is 2.59. The van der Waals surface area contributed by atoms with Crippen molar-refractivity contribution in [2.24, 2.45) is 4.99 Å². The summed E-state index contributed by atoms with van der Waals surface area (Å²) in [6.07, 6.45) is -4.33. The molecule has 1 aromatic rings. The van der Waals surface area contributed by atoms with Crippen LogP contribution < -0.4 is 0 Å². The number of aliphatic hydroxyl groups is 4. The molecule has 0 saturated heterocycles. The average Bonchev–Trinajstić information content (AvgIpc) is 2.43. The first-order valence-corrected chi connectivity index (χ1v) is 5.79. The van der Waals surface area contributed by atoms with E-state index < -0.39 is 30.8 Å². The van der Waals surface area contributed by atoms with Gasteiger partial charge in [0, 0.05) is 5.56 Å². The van der Waals surface area contributed by atoms with Gasteiger partial charge in [-0.15, -0.1) is 0 Å². The Hall–Kier alpha value is -1.60. The van der Waals surface area contributed by atoms with E-state index >= 15 is 0 Å². The van der Waals surface area contributed by atoms with Crippen LogP contribution in [0.25, 0.3) is 0 Å². The quantitative estimate of drug-likeness (QED) is 0.531. The minimum Gasteiger partial charge on any atom is -0.391 e. The van der Waals surface area contributed by atoms with E-state index in [4.69, 9.17) is 10.2 Å². The minimum atomic E-state index is -1.60. The summed E-state index contributed by atoms with van der Waals surface area (Å²) < 4.78 is 0. The van der Waals surface area contributed by atoms with Crippen LogP contribution in [0.15, 0.2) is 35.3 Å². The Bertz CT molecular complexity index is 444. The summed E-state index contributed by atoms with van der Waals surface area (Å²) in [6.45, 7) is 0.589. The molecule has 104 valence electrons. The molecule has 0 fully saturated rings. The topological polar surface area (TPSA) is 110 Å². The normalized spacial score (nSPS) is 16.8. The van der Waals surface area contributed by atoms with Gasteiger partial charge in [-0.3, -0.25) is 4.79 Å². The number of rotatable bonds is 5. The molecule has 0 aromatic heterocycles. The van der Waals surface area contributed by atoms with Crippen LogP contribution in [-0.2, 0) is 0 Å². The molecule has 1 aromatic carbocycles. The molecule has 6 heteroatoms. The second-order valence-electron chi connectivity index (χ2n) is 4.11. The number of carbonyl (C=O) groups excluding carboxylic acids is 1. The molecule has 0 bridgehead atoms. The van der Waals surface area contributed by atoms with Crippen LogP contribution in [0, 0.1) is 0 Å². The lowest BCUT2D eigenvalue weighted by molar-refractivity contribution is -0.0270. The van der Waals surface area contributed by atoms with Crippen molar-refractivity contribution >= 4 is 11.6 Å². The molecule has 0 radical (unpaired) electrons. The molecule has 0 heterocycles. The minimum absolute atomic E-state index is 0.290. The Balaban J connectivity index is 2.91. The summed E-state index contributed by atoms with van der Waals surface area (Å²) >= 11 is 0. The highest BCUT2D eigenvalue weighted by Crippen LogP contribution is 2.06. The van der Waals surface area contributed by atoms with Crippen molar-refractivity contribution in [3.63, 3.8) is 0 Å². The van der Waals surface area contributed by atoms with E-state index in [1.54, 1.807) is 18.2 Å².